The Morgan fingerprint density at radius 3 is 2.71 bits per heavy atom. The Kier molecular flexibility index (Phi) is 5.99. The second-order valence-electron chi connectivity index (χ2n) is 6.67. The molecular formula is C23H19BrN4O3. The highest BCUT2D eigenvalue weighted by Gasteiger charge is 2.15. The van der Waals surface area contributed by atoms with Crippen LogP contribution in [0.3, 0.4) is 0 Å². The molecule has 2 aromatic heterocycles. The number of hydrogen-bond donors (Lipinski definition) is 1. The number of carbonyl (C=O) groups is 1. The quantitative estimate of drug-likeness (QED) is 0.313. The van der Waals surface area contributed by atoms with Crippen LogP contribution in [0.25, 0.3) is 17.1 Å². The molecule has 31 heavy (non-hydrogen) atoms. The minimum absolute atomic E-state index is 0.371. The van der Waals surface area contributed by atoms with Crippen molar-refractivity contribution in [2.45, 2.75) is 6.92 Å². The van der Waals surface area contributed by atoms with E-state index in [-0.39, 0.29) is 5.91 Å². The number of halogens is 1. The summed E-state index contributed by atoms with van der Waals surface area (Å²) in [5.74, 6) is 1.47. The number of aryl methyl sites for hydroxylation is 1. The number of ether oxygens (including phenoxy) is 1. The molecule has 0 aliphatic heterocycles. The van der Waals surface area contributed by atoms with E-state index in [4.69, 9.17) is 9.15 Å². The number of rotatable bonds is 6. The van der Waals surface area contributed by atoms with E-state index in [1.807, 2.05) is 55.6 Å². The average molecular weight is 479 g/mol. The summed E-state index contributed by atoms with van der Waals surface area (Å²) < 4.78 is 13.5. The third-order valence-electron chi connectivity index (χ3n) is 4.51. The van der Waals surface area contributed by atoms with Crippen LogP contribution in [-0.4, -0.2) is 29.0 Å². The Morgan fingerprint density at radius 1 is 1.19 bits per heavy atom. The Labute approximate surface area is 187 Å². The first-order valence-electron chi connectivity index (χ1n) is 9.44. The molecule has 7 nitrogen and oxygen atoms in total. The third kappa shape index (κ3) is 4.59. The number of methoxy groups -OCH3 is 1. The van der Waals surface area contributed by atoms with Crippen molar-refractivity contribution >= 4 is 28.1 Å². The van der Waals surface area contributed by atoms with Crippen LogP contribution < -0.4 is 10.2 Å². The summed E-state index contributed by atoms with van der Waals surface area (Å²) in [7, 11) is 1.51. The summed E-state index contributed by atoms with van der Waals surface area (Å²) in [5.41, 5.74) is 5.13. The van der Waals surface area contributed by atoms with Crippen molar-refractivity contribution in [2.24, 2.45) is 5.10 Å². The molecule has 0 bridgehead atoms. The number of benzene rings is 2. The van der Waals surface area contributed by atoms with Crippen molar-refractivity contribution in [1.82, 2.24) is 15.2 Å². The van der Waals surface area contributed by atoms with E-state index < -0.39 is 0 Å². The fraction of sp³-hybridized carbons (Fsp3) is 0.0870. The lowest BCUT2D eigenvalue weighted by molar-refractivity contribution is 0.0952. The molecular weight excluding hydrogens is 460 g/mol. The standard InChI is InChI=1S/C23H19BrN4O3/c1-15-8-10-21(31-15)22-16(14-28(27-22)18-6-4-3-5-7-18)13-25-26-23(29)19-12-17(24)9-11-20(19)30-2/h3-14H,1-2H3,(H,26,29)/b25-13-. The molecule has 1 amide bonds. The summed E-state index contributed by atoms with van der Waals surface area (Å²) in [6, 6.07) is 18.6. The second kappa shape index (κ2) is 9.01. The number of nitrogens with zero attached hydrogens (tertiary/aromatic N) is 3. The lowest BCUT2D eigenvalue weighted by atomic mass is 10.2. The summed E-state index contributed by atoms with van der Waals surface area (Å²) in [4.78, 5) is 12.6. The molecule has 8 heteroatoms. The number of hydrazone groups is 1. The van der Waals surface area contributed by atoms with Gasteiger partial charge in [-0.15, -0.1) is 0 Å². The number of para-hydroxylation sites is 1. The van der Waals surface area contributed by atoms with Crippen LogP contribution in [0, 0.1) is 6.92 Å². The van der Waals surface area contributed by atoms with Crippen molar-refractivity contribution < 1.29 is 13.9 Å². The lowest BCUT2D eigenvalue weighted by Crippen LogP contribution is -2.18. The summed E-state index contributed by atoms with van der Waals surface area (Å²) in [5, 5.41) is 8.78. The maximum absolute atomic E-state index is 12.6. The van der Waals surface area contributed by atoms with Gasteiger partial charge in [-0.25, -0.2) is 10.1 Å². The Hall–Kier alpha value is -3.65. The van der Waals surface area contributed by atoms with E-state index in [2.05, 4.69) is 31.6 Å². The van der Waals surface area contributed by atoms with Crippen LogP contribution in [0.15, 0.2) is 80.9 Å². The molecule has 0 radical (unpaired) electrons. The molecule has 156 valence electrons. The monoisotopic (exact) mass is 478 g/mol. The van der Waals surface area contributed by atoms with Crippen molar-refractivity contribution in [3.05, 3.63) is 88.2 Å². The third-order valence-corrected chi connectivity index (χ3v) is 5.01. The fourth-order valence-corrected chi connectivity index (χ4v) is 3.39. The molecule has 0 unspecified atom stereocenters. The molecule has 0 saturated carbocycles. The van der Waals surface area contributed by atoms with Gasteiger partial charge in [-0.2, -0.15) is 10.2 Å². The largest absolute Gasteiger partial charge is 0.496 e. The minimum atomic E-state index is -0.389. The van der Waals surface area contributed by atoms with E-state index in [0.717, 1.165) is 15.9 Å². The molecule has 1 N–H and O–H groups in total. The van der Waals surface area contributed by atoms with Gasteiger partial charge < -0.3 is 9.15 Å². The Bertz CT molecular complexity index is 1240. The van der Waals surface area contributed by atoms with E-state index in [1.165, 1.54) is 7.11 Å². The predicted molar refractivity (Wildman–Crippen MR) is 122 cm³/mol. The molecule has 0 aliphatic carbocycles. The minimum Gasteiger partial charge on any atom is -0.496 e. The van der Waals surface area contributed by atoms with Crippen molar-refractivity contribution in [1.29, 1.82) is 0 Å². The van der Waals surface area contributed by atoms with Crippen molar-refractivity contribution in [3.63, 3.8) is 0 Å². The highest BCUT2D eigenvalue weighted by molar-refractivity contribution is 9.10. The van der Waals surface area contributed by atoms with Crippen LogP contribution >= 0.6 is 15.9 Å². The number of carbonyl (C=O) groups excluding carboxylic acids is 1. The van der Waals surface area contributed by atoms with E-state index in [9.17, 15) is 4.79 Å². The molecule has 0 atom stereocenters. The fourth-order valence-electron chi connectivity index (χ4n) is 3.03. The Balaban J connectivity index is 1.63. The SMILES string of the molecule is COc1ccc(Br)cc1C(=O)N/N=C\c1cn(-c2ccccc2)nc1-c1ccc(C)o1. The van der Waals surface area contributed by atoms with Gasteiger partial charge in [-0.05, 0) is 49.4 Å². The topological polar surface area (TPSA) is 81.6 Å². The highest BCUT2D eigenvalue weighted by Crippen LogP contribution is 2.25. The molecule has 0 saturated heterocycles. The van der Waals surface area contributed by atoms with Crippen LogP contribution in [0.1, 0.15) is 21.7 Å². The van der Waals surface area contributed by atoms with Gasteiger partial charge >= 0.3 is 0 Å². The molecule has 4 aromatic rings. The van der Waals surface area contributed by atoms with Crippen LogP contribution in [0.5, 0.6) is 5.75 Å². The maximum atomic E-state index is 12.6. The maximum Gasteiger partial charge on any atom is 0.275 e. The van der Waals surface area contributed by atoms with Gasteiger partial charge in [-0.3, -0.25) is 4.79 Å². The molecule has 0 spiro atoms. The first kappa shape index (κ1) is 20.6. The summed E-state index contributed by atoms with van der Waals surface area (Å²) in [6.45, 7) is 1.87. The molecule has 4 rings (SSSR count). The van der Waals surface area contributed by atoms with Gasteiger partial charge in [0.25, 0.3) is 5.91 Å². The van der Waals surface area contributed by atoms with Crippen LogP contribution in [0.2, 0.25) is 0 Å². The zero-order valence-electron chi connectivity index (χ0n) is 16.9. The zero-order chi connectivity index (χ0) is 21.8. The first-order chi connectivity index (χ1) is 15.0. The smallest absolute Gasteiger partial charge is 0.275 e. The van der Waals surface area contributed by atoms with E-state index in [0.29, 0.717) is 28.3 Å². The van der Waals surface area contributed by atoms with Gasteiger partial charge in [-0.1, -0.05) is 34.1 Å². The summed E-state index contributed by atoms with van der Waals surface area (Å²) >= 11 is 3.37. The van der Waals surface area contributed by atoms with Gasteiger partial charge in [0.2, 0.25) is 0 Å². The molecule has 0 aliphatic rings. The van der Waals surface area contributed by atoms with Gasteiger partial charge in [0.15, 0.2) is 5.76 Å². The highest BCUT2D eigenvalue weighted by atomic mass is 79.9. The number of aromatic nitrogens is 2. The number of nitrogens with one attached hydrogen (secondary N) is 1. The summed E-state index contributed by atoms with van der Waals surface area (Å²) in [6.07, 6.45) is 3.37. The predicted octanol–water partition coefficient (Wildman–Crippen LogP) is 4.98. The van der Waals surface area contributed by atoms with Gasteiger partial charge in [0.05, 0.1) is 24.6 Å². The van der Waals surface area contributed by atoms with Crippen LogP contribution in [0.4, 0.5) is 0 Å². The second-order valence-corrected chi connectivity index (χ2v) is 7.58. The van der Waals surface area contributed by atoms with Crippen molar-refractivity contribution in [2.75, 3.05) is 7.11 Å². The van der Waals surface area contributed by atoms with Crippen LogP contribution in [-0.2, 0) is 0 Å². The number of amides is 1. The number of furan rings is 1. The van der Waals surface area contributed by atoms with Gasteiger partial charge in [0.1, 0.15) is 17.2 Å². The van der Waals surface area contributed by atoms with Crippen molar-refractivity contribution in [3.8, 4) is 22.9 Å². The molecule has 0 fully saturated rings. The molecule has 2 heterocycles. The van der Waals surface area contributed by atoms with E-state index in [1.54, 1.807) is 29.1 Å². The zero-order valence-corrected chi connectivity index (χ0v) is 18.5. The normalized spacial score (nSPS) is 11.1. The van der Waals surface area contributed by atoms with E-state index >= 15 is 0 Å². The number of hydrogen-bond acceptors (Lipinski definition) is 5. The first-order valence-corrected chi connectivity index (χ1v) is 10.2. The average Bonchev–Trinajstić information content (AvgIpc) is 3.40. The lowest BCUT2D eigenvalue weighted by Gasteiger charge is -2.07. The van der Waals surface area contributed by atoms with Gasteiger partial charge in [0, 0.05) is 16.2 Å². The molecule has 2 aromatic carbocycles. The Morgan fingerprint density at radius 2 is 2.00 bits per heavy atom.